The van der Waals surface area contributed by atoms with Gasteiger partial charge in [0.25, 0.3) is 0 Å². The van der Waals surface area contributed by atoms with Gasteiger partial charge in [-0.2, -0.15) is 0 Å². The largest absolute Gasteiger partial charge is 0.496 e. The molecular weight excluding hydrogens is 284 g/mol. The minimum Gasteiger partial charge on any atom is -0.496 e. The Morgan fingerprint density at radius 2 is 2.06 bits per heavy atom. The summed E-state index contributed by atoms with van der Waals surface area (Å²) in [5.74, 6) is 0.510. The highest BCUT2D eigenvalue weighted by atomic mass is 79.9. The van der Waals surface area contributed by atoms with E-state index in [2.05, 4.69) is 15.9 Å². The fourth-order valence-corrected chi connectivity index (χ4v) is 2.22. The Hall–Kier alpha value is -1.03. The topological polar surface area (TPSA) is 35.5 Å². The molecule has 0 aliphatic rings. The van der Waals surface area contributed by atoms with Crippen molar-refractivity contribution in [3.63, 3.8) is 0 Å². The van der Waals surface area contributed by atoms with Gasteiger partial charge in [0.05, 0.1) is 20.1 Å². The van der Waals surface area contributed by atoms with E-state index in [9.17, 15) is 4.79 Å². The smallest absolute Gasteiger partial charge is 0.310 e. The van der Waals surface area contributed by atoms with Gasteiger partial charge in [-0.3, -0.25) is 4.79 Å². The van der Waals surface area contributed by atoms with E-state index >= 15 is 0 Å². The van der Waals surface area contributed by atoms with E-state index < -0.39 is 0 Å². The lowest BCUT2D eigenvalue weighted by atomic mass is 10.0. The van der Waals surface area contributed by atoms with Crippen LogP contribution in [0.1, 0.15) is 23.6 Å². The van der Waals surface area contributed by atoms with Gasteiger partial charge in [0.15, 0.2) is 0 Å². The Bertz CT molecular complexity index is 402. The average molecular weight is 301 g/mol. The van der Waals surface area contributed by atoms with Gasteiger partial charge in [-0.15, -0.1) is 0 Å². The van der Waals surface area contributed by atoms with Crippen molar-refractivity contribution in [3.8, 4) is 5.75 Å². The molecule has 0 unspecified atom stereocenters. The first-order chi connectivity index (χ1) is 8.12. The first kappa shape index (κ1) is 14.0. The number of esters is 1. The molecule has 0 heterocycles. The van der Waals surface area contributed by atoms with Gasteiger partial charge in [0, 0.05) is 10.9 Å². The second-order valence-electron chi connectivity index (χ2n) is 3.71. The SMILES string of the molecule is CCOC(=O)Cc1cc(CBr)c(C)cc1OC. The van der Waals surface area contributed by atoms with Crippen molar-refractivity contribution < 1.29 is 14.3 Å². The molecule has 0 atom stereocenters. The highest BCUT2D eigenvalue weighted by Crippen LogP contribution is 2.25. The van der Waals surface area contributed by atoms with Crippen LogP contribution in [0.4, 0.5) is 0 Å². The van der Waals surface area contributed by atoms with E-state index in [-0.39, 0.29) is 12.4 Å². The van der Waals surface area contributed by atoms with Crippen LogP contribution < -0.4 is 4.74 Å². The number of carbonyl (C=O) groups excluding carboxylic acids is 1. The zero-order chi connectivity index (χ0) is 12.8. The minimum absolute atomic E-state index is 0.227. The normalized spacial score (nSPS) is 10.1. The predicted molar refractivity (Wildman–Crippen MR) is 70.7 cm³/mol. The van der Waals surface area contributed by atoms with E-state index in [1.807, 2.05) is 19.1 Å². The number of rotatable bonds is 5. The van der Waals surface area contributed by atoms with E-state index in [0.29, 0.717) is 6.61 Å². The van der Waals surface area contributed by atoms with Crippen LogP contribution >= 0.6 is 15.9 Å². The number of aryl methyl sites for hydroxylation is 1. The maximum absolute atomic E-state index is 11.5. The molecule has 94 valence electrons. The maximum Gasteiger partial charge on any atom is 0.310 e. The van der Waals surface area contributed by atoms with Crippen LogP contribution in [0.2, 0.25) is 0 Å². The molecule has 17 heavy (non-hydrogen) atoms. The number of methoxy groups -OCH3 is 1. The van der Waals surface area contributed by atoms with E-state index in [4.69, 9.17) is 9.47 Å². The molecule has 3 nitrogen and oxygen atoms in total. The van der Waals surface area contributed by atoms with Gasteiger partial charge >= 0.3 is 5.97 Å². The Kier molecular flexibility index (Phi) is 5.48. The van der Waals surface area contributed by atoms with Crippen molar-refractivity contribution in [1.82, 2.24) is 0 Å². The second kappa shape index (κ2) is 6.64. The molecule has 0 N–H and O–H groups in total. The first-order valence-electron chi connectivity index (χ1n) is 5.50. The summed E-state index contributed by atoms with van der Waals surface area (Å²) < 4.78 is 10.2. The zero-order valence-electron chi connectivity index (χ0n) is 10.4. The number of hydrogen-bond donors (Lipinski definition) is 0. The molecule has 0 aliphatic heterocycles. The number of benzene rings is 1. The first-order valence-corrected chi connectivity index (χ1v) is 6.62. The summed E-state index contributed by atoms with van der Waals surface area (Å²) in [7, 11) is 1.61. The highest BCUT2D eigenvalue weighted by Gasteiger charge is 2.12. The van der Waals surface area contributed by atoms with E-state index in [1.165, 1.54) is 0 Å². The number of hydrogen-bond acceptors (Lipinski definition) is 3. The molecule has 0 saturated heterocycles. The van der Waals surface area contributed by atoms with Crippen molar-refractivity contribution in [2.75, 3.05) is 13.7 Å². The van der Waals surface area contributed by atoms with Crippen LogP contribution in [-0.4, -0.2) is 19.7 Å². The lowest BCUT2D eigenvalue weighted by Gasteiger charge is -2.12. The monoisotopic (exact) mass is 300 g/mol. The van der Waals surface area contributed by atoms with Gasteiger partial charge in [0.2, 0.25) is 0 Å². The summed E-state index contributed by atoms with van der Waals surface area (Å²) in [6.07, 6.45) is 0.247. The van der Waals surface area contributed by atoms with Gasteiger partial charge in [-0.25, -0.2) is 0 Å². The standard InChI is InChI=1S/C13H17BrO3/c1-4-17-13(15)7-10-6-11(8-14)9(2)5-12(10)16-3/h5-6H,4,7-8H2,1-3H3. The minimum atomic E-state index is -0.227. The van der Waals surface area contributed by atoms with Crippen molar-refractivity contribution in [2.45, 2.75) is 25.6 Å². The summed E-state index contributed by atoms with van der Waals surface area (Å²) in [6.45, 7) is 4.22. The molecule has 1 rings (SSSR count). The van der Waals surface area contributed by atoms with Gasteiger partial charge in [0.1, 0.15) is 5.75 Å². The van der Waals surface area contributed by atoms with Crippen LogP contribution in [0.25, 0.3) is 0 Å². The van der Waals surface area contributed by atoms with Crippen LogP contribution in [-0.2, 0) is 21.3 Å². The molecule has 0 amide bonds. The third-order valence-corrected chi connectivity index (χ3v) is 3.13. The van der Waals surface area contributed by atoms with E-state index in [0.717, 1.165) is 27.8 Å². The number of ether oxygens (including phenoxy) is 2. The second-order valence-corrected chi connectivity index (χ2v) is 4.27. The molecule has 0 aliphatic carbocycles. The predicted octanol–water partition coefficient (Wildman–Crippen LogP) is 3.00. The Labute approximate surface area is 110 Å². The summed E-state index contributed by atoms with van der Waals surface area (Å²) in [5, 5.41) is 0.763. The average Bonchev–Trinajstić information content (AvgIpc) is 2.31. The Balaban J connectivity index is 2.99. The number of alkyl halides is 1. The molecule has 1 aromatic carbocycles. The van der Waals surface area contributed by atoms with Crippen molar-refractivity contribution in [2.24, 2.45) is 0 Å². The lowest BCUT2D eigenvalue weighted by Crippen LogP contribution is -2.09. The molecule has 0 bridgehead atoms. The summed E-state index contributed by atoms with van der Waals surface area (Å²) >= 11 is 3.43. The molecule has 4 heteroatoms. The zero-order valence-corrected chi connectivity index (χ0v) is 12.0. The number of carbonyl (C=O) groups is 1. The summed E-state index contributed by atoms with van der Waals surface area (Å²) in [4.78, 5) is 11.5. The Morgan fingerprint density at radius 3 is 2.59 bits per heavy atom. The molecule has 0 aromatic heterocycles. The molecule has 0 spiro atoms. The summed E-state index contributed by atoms with van der Waals surface area (Å²) in [5.41, 5.74) is 3.17. The van der Waals surface area contributed by atoms with Crippen LogP contribution in [0.15, 0.2) is 12.1 Å². The highest BCUT2D eigenvalue weighted by molar-refractivity contribution is 9.08. The van der Waals surface area contributed by atoms with Gasteiger partial charge in [-0.1, -0.05) is 22.0 Å². The lowest BCUT2D eigenvalue weighted by molar-refractivity contribution is -0.142. The van der Waals surface area contributed by atoms with Crippen LogP contribution in [0.3, 0.4) is 0 Å². The molecule has 1 aromatic rings. The van der Waals surface area contributed by atoms with E-state index in [1.54, 1.807) is 14.0 Å². The van der Waals surface area contributed by atoms with Gasteiger partial charge < -0.3 is 9.47 Å². The van der Waals surface area contributed by atoms with Crippen LogP contribution in [0, 0.1) is 6.92 Å². The molecular formula is C13H17BrO3. The molecule has 0 saturated carbocycles. The third-order valence-electron chi connectivity index (χ3n) is 2.52. The van der Waals surface area contributed by atoms with Crippen molar-refractivity contribution >= 4 is 21.9 Å². The fraction of sp³-hybridized carbons (Fsp3) is 0.462. The molecule has 0 radical (unpaired) electrons. The molecule has 0 fully saturated rings. The van der Waals surface area contributed by atoms with Gasteiger partial charge in [-0.05, 0) is 31.0 Å². The fourth-order valence-electron chi connectivity index (χ4n) is 1.62. The van der Waals surface area contributed by atoms with Crippen molar-refractivity contribution in [1.29, 1.82) is 0 Å². The number of halogens is 1. The third kappa shape index (κ3) is 3.73. The van der Waals surface area contributed by atoms with Crippen LogP contribution in [0.5, 0.6) is 5.75 Å². The Morgan fingerprint density at radius 1 is 1.35 bits per heavy atom. The summed E-state index contributed by atoms with van der Waals surface area (Å²) in [6, 6.07) is 3.94. The quantitative estimate of drug-likeness (QED) is 0.619. The van der Waals surface area contributed by atoms with Crippen molar-refractivity contribution in [3.05, 3.63) is 28.8 Å². The maximum atomic E-state index is 11.5.